The maximum absolute atomic E-state index is 13.4. The van der Waals surface area contributed by atoms with Crippen LogP contribution in [0.3, 0.4) is 0 Å². The van der Waals surface area contributed by atoms with Gasteiger partial charge >= 0.3 is 5.97 Å². The van der Waals surface area contributed by atoms with Gasteiger partial charge in [-0.05, 0) is 80.5 Å². The van der Waals surface area contributed by atoms with Crippen LogP contribution in [0, 0.1) is 5.92 Å². The molecule has 6 nitrogen and oxygen atoms in total. The van der Waals surface area contributed by atoms with Gasteiger partial charge in [0.1, 0.15) is 5.00 Å². The second kappa shape index (κ2) is 13.2. The predicted octanol–water partition coefficient (Wildman–Crippen LogP) is 8.12. The standard InChI is InChI=1S/C29H30Cl2N2O4S2/c1-4-23(27(35)33-28-25(29(36)37-5-2)21-11-9-16(3)13-24(21)39-28)38-19-8-6-7-18(15-19)32-26(34)20-12-10-17(30)14-22(20)31/h6-8,10,12,14-16,23H,4-5,9,11,13H2,1-3H3,(H,32,34)(H,33,35). The number of nitrogens with one attached hydrogen (secondary N) is 2. The van der Waals surface area contributed by atoms with Gasteiger partial charge in [-0.1, -0.05) is 43.1 Å². The lowest BCUT2D eigenvalue weighted by Gasteiger charge is -2.18. The summed E-state index contributed by atoms with van der Waals surface area (Å²) in [6.45, 7) is 6.20. The van der Waals surface area contributed by atoms with E-state index in [2.05, 4.69) is 17.6 Å². The van der Waals surface area contributed by atoms with Crippen LogP contribution in [0.4, 0.5) is 10.7 Å². The molecule has 0 fully saturated rings. The van der Waals surface area contributed by atoms with E-state index in [-0.39, 0.29) is 29.4 Å². The Labute approximate surface area is 246 Å². The molecule has 2 unspecified atom stereocenters. The maximum atomic E-state index is 13.4. The molecule has 0 bridgehead atoms. The summed E-state index contributed by atoms with van der Waals surface area (Å²) < 4.78 is 5.34. The van der Waals surface area contributed by atoms with E-state index in [1.54, 1.807) is 25.1 Å². The number of hydrogen-bond acceptors (Lipinski definition) is 6. The molecule has 0 saturated carbocycles. The number of rotatable bonds is 9. The maximum Gasteiger partial charge on any atom is 0.341 e. The van der Waals surface area contributed by atoms with E-state index in [4.69, 9.17) is 27.9 Å². The van der Waals surface area contributed by atoms with Crippen molar-refractivity contribution < 1.29 is 19.1 Å². The van der Waals surface area contributed by atoms with E-state index in [1.165, 1.54) is 29.2 Å². The lowest BCUT2D eigenvalue weighted by molar-refractivity contribution is -0.115. The van der Waals surface area contributed by atoms with Crippen LogP contribution in [0.5, 0.6) is 0 Å². The van der Waals surface area contributed by atoms with Crippen molar-refractivity contribution in [3.05, 3.63) is 74.1 Å². The summed E-state index contributed by atoms with van der Waals surface area (Å²) >= 11 is 15.0. The normalized spacial score (nSPS) is 15.3. The van der Waals surface area contributed by atoms with Crippen LogP contribution in [0.25, 0.3) is 0 Å². The van der Waals surface area contributed by atoms with Crippen LogP contribution in [0.15, 0.2) is 47.4 Å². The second-order valence-electron chi connectivity index (χ2n) is 9.39. The number of thiophene rings is 1. The Morgan fingerprint density at radius 2 is 1.92 bits per heavy atom. The van der Waals surface area contributed by atoms with Gasteiger partial charge in [0, 0.05) is 20.5 Å². The fourth-order valence-corrected chi connectivity index (χ4v) is 7.37. The van der Waals surface area contributed by atoms with Gasteiger partial charge in [0.25, 0.3) is 5.91 Å². The third-order valence-corrected chi connectivity index (χ3v) is 9.51. The number of thioether (sulfide) groups is 1. The third-order valence-electron chi connectivity index (χ3n) is 6.44. The van der Waals surface area contributed by atoms with Crippen LogP contribution < -0.4 is 10.6 Å². The second-order valence-corrected chi connectivity index (χ2v) is 12.6. The largest absolute Gasteiger partial charge is 0.462 e. The van der Waals surface area contributed by atoms with Gasteiger partial charge in [-0.3, -0.25) is 9.59 Å². The number of esters is 1. The average Bonchev–Trinajstić information content (AvgIpc) is 3.24. The Hall–Kier alpha value is -2.52. The quantitative estimate of drug-likeness (QED) is 0.190. The Balaban J connectivity index is 1.49. The molecule has 1 aliphatic rings. The number of amides is 2. The highest BCUT2D eigenvalue weighted by Gasteiger charge is 2.30. The molecular formula is C29H30Cl2N2O4S2. The van der Waals surface area contributed by atoms with E-state index >= 15 is 0 Å². The summed E-state index contributed by atoms with van der Waals surface area (Å²) in [5.74, 6) is -0.380. The lowest BCUT2D eigenvalue weighted by atomic mass is 9.88. The van der Waals surface area contributed by atoms with Gasteiger partial charge < -0.3 is 15.4 Å². The van der Waals surface area contributed by atoms with E-state index in [0.717, 1.165) is 34.6 Å². The van der Waals surface area contributed by atoms with Crippen molar-refractivity contribution in [2.24, 2.45) is 5.92 Å². The molecule has 2 aromatic carbocycles. The summed E-state index contributed by atoms with van der Waals surface area (Å²) in [5, 5.41) is 6.76. The van der Waals surface area contributed by atoms with Crippen molar-refractivity contribution in [3.8, 4) is 0 Å². The first-order valence-corrected chi connectivity index (χ1v) is 15.3. The lowest BCUT2D eigenvalue weighted by Crippen LogP contribution is -2.25. The number of anilines is 2. The highest BCUT2D eigenvalue weighted by atomic mass is 35.5. The molecule has 2 amide bonds. The first-order chi connectivity index (χ1) is 18.7. The zero-order valence-corrected chi connectivity index (χ0v) is 25.1. The van der Waals surface area contributed by atoms with E-state index in [1.807, 2.05) is 25.1 Å². The Morgan fingerprint density at radius 1 is 1.13 bits per heavy atom. The number of fused-ring (bicyclic) bond motifs is 1. The minimum atomic E-state index is -0.408. The number of benzene rings is 2. The van der Waals surface area contributed by atoms with Crippen molar-refractivity contribution in [1.82, 2.24) is 0 Å². The zero-order chi connectivity index (χ0) is 28.1. The monoisotopic (exact) mass is 604 g/mol. The van der Waals surface area contributed by atoms with Gasteiger partial charge in [-0.2, -0.15) is 0 Å². The molecule has 206 valence electrons. The fourth-order valence-electron chi connectivity index (χ4n) is 4.46. The molecule has 2 atom stereocenters. The summed E-state index contributed by atoms with van der Waals surface area (Å²) in [6, 6.07) is 12.0. The molecule has 39 heavy (non-hydrogen) atoms. The smallest absolute Gasteiger partial charge is 0.341 e. The zero-order valence-electron chi connectivity index (χ0n) is 21.9. The minimum Gasteiger partial charge on any atom is -0.462 e. The van der Waals surface area contributed by atoms with Gasteiger partial charge in [0.2, 0.25) is 5.91 Å². The van der Waals surface area contributed by atoms with Crippen LogP contribution >= 0.6 is 46.3 Å². The van der Waals surface area contributed by atoms with Gasteiger partial charge in [-0.25, -0.2) is 4.79 Å². The van der Waals surface area contributed by atoms with Crippen molar-refractivity contribution >= 4 is 74.8 Å². The molecule has 2 N–H and O–H groups in total. The molecule has 1 heterocycles. The van der Waals surface area contributed by atoms with Gasteiger partial charge in [0.15, 0.2) is 0 Å². The average molecular weight is 606 g/mol. The summed E-state index contributed by atoms with van der Waals surface area (Å²) in [4.78, 5) is 40.9. The molecule has 10 heteroatoms. The molecule has 0 saturated heterocycles. The first-order valence-electron chi connectivity index (χ1n) is 12.9. The summed E-state index contributed by atoms with van der Waals surface area (Å²) in [7, 11) is 0. The highest BCUT2D eigenvalue weighted by molar-refractivity contribution is 8.00. The summed E-state index contributed by atoms with van der Waals surface area (Å²) in [6.07, 6.45) is 3.29. The Bertz CT molecular complexity index is 1390. The molecule has 0 aliphatic heterocycles. The molecular weight excluding hydrogens is 575 g/mol. The third kappa shape index (κ3) is 7.17. The molecule has 0 spiro atoms. The molecule has 1 aromatic heterocycles. The van der Waals surface area contributed by atoms with E-state index < -0.39 is 5.25 Å². The van der Waals surface area contributed by atoms with Crippen LogP contribution in [0.1, 0.15) is 64.8 Å². The molecule has 0 radical (unpaired) electrons. The number of halogens is 2. The predicted molar refractivity (Wildman–Crippen MR) is 161 cm³/mol. The van der Waals surface area contributed by atoms with E-state index in [0.29, 0.717) is 39.2 Å². The number of carbonyl (C=O) groups is 3. The van der Waals surface area contributed by atoms with Crippen molar-refractivity contribution in [3.63, 3.8) is 0 Å². The van der Waals surface area contributed by atoms with Crippen molar-refractivity contribution in [1.29, 1.82) is 0 Å². The minimum absolute atomic E-state index is 0.179. The van der Waals surface area contributed by atoms with E-state index in [9.17, 15) is 14.4 Å². The molecule has 3 aromatic rings. The number of carbonyl (C=O) groups excluding carboxylic acids is 3. The van der Waals surface area contributed by atoms with Gasteiger partial charge in [0.05, 0.1) is 28.0 Å². The van der Waals surface area contributed by atoms with Crippen molar-refractivity contribution in [2.75, 3.05) is 17.2 Å². The van der Waals surface area contributed by atoms with Crippen LogP contribution in [-0.4, -0.2) is 29.6 Å². The molecule has 4 rings (SSSR count). The van der Waals surface area contributed by atoms with Crippen LogP contribution in [-0.2, 0) is 22.4 Å². The first kappa shape index (κ1) is 29.5. The number of hydrogen-bond donors (Lipinski definition) is 2. The Morgan fingerprint density at radius 3 is 2.64 bits per heavy atom. The van der Waals surface area contributed by atoms with Crippen LogP contribution in [0.2, 0.25) is 10.0 Å². The molecule has 1 aliphatic carbocycles. The SMILES string of the molecule is CCOC(=O)c1c(NC(=O)C(CC)Sc2cccc(NC(=O)c3ccc(Cl)cc3Cl)c2)sc2c1CCC(C)C2. The topological polar surface area (TPSA) is 84.5 Å². The Kier molecular flexibility index (Phi) is 9.99. The fraction of sp³-hybridized carbons (Fsp3) is 0.345. The highest BCUT2D eigenvalue weighted by Crippen LogP contribution is 2.40. The van der Waals surface area contributed by atoms with Gasteiger partial charge in [-0.15, -0.1) is 23.1 Å². The van der Waals surface area contributed by atoms with Crippen molar-refractivity contribution in [2.45, 2.75) is 56.6 Å². The summed E-state index contributed by atoms with van der Waals surface area (Å²) in [5.41, 5.74) is 2.41. The number of ether oxygens (including phenoxy) is 1.